The van der Waals surface area contributed by atoms with Crippen molar-refractivity contribution in [2.75, 3.05) is 43.1 Å². The van der Waals surface area contributed by atoms with Crippen molar-refractivity contribution in [1.82, 2.24) is 4.90 Å². The zero-order valence-corrected chi connectivity index (χ0v) is 15.7. The highest BCUT2D eigenvalue weighted by molar-refractivity contribution is 6.21. The Balaban J connectivity index is 1.39. The van der Waals surface area contributed by atoms with Crippen molar-refractivity contribution in [2.24, 2.45) is 0 Å². The molecule has 2 aliphatic rings. The van der Waals surface area contributed by atoms with E-state index in [1.54, 1.807) is 36.4 Å². The number of nitrogens with one attached hydrogen (secondary N) is 1. The summed E-state index contributed by atoms with van der Waals surface area (Å²) >= 11 is 0. The lowest BCUT2D eigenvalue weighted by Gasteiger charge is -2.29. The fraction of sp³-hybridized carbons (Fsp3) is 0.286. The minimum absolute atomic E-state index is 0.0665. The second-order valence-electron chi connectivity index (χ2n) is 6.87. The number of carbonyl (C=O) groups is 3. The van der Waals surface area contributed by atoms with E-state index in [4.69, 9.17) is 4.74 Å². The van der Waals surface area contributed by atoms with Crippen LogP contribution in [0.15, 0.2) is 42.5 Å². The summed E-state index contributed by atoms with van der Waals surface area (Å²) in [7, 11) is 0. The first kappa shape index (κ1) is 19.1. The molecule has 0 atom stereocenters. The van der Waals surface area contributed by atoms with Crippen molar-refractivity contribution in [3.8, 4) is 0 Å². The maximum absolute atomic E-state index is 14.2. The summed E-state index contributed by atoms with van der Waals surface area (Å²) in [5, 5.41) is 2.54. The molecule has 0 radical (unpaired) electrons. The van der Waals surface area contributed by atoms with Gasteiger partial charge in [0.1, 0.15) is 5.82 Å². The van der Waals surface area contributed by atoms with Crippen molar-refractivity contribution in [2.45, 2.75) is 6.42 Å². The van der Waals surface area contributed by atoms with Gasteiger partial charge in [-0.05, 0) is 30.3 Å². The number of imide groups is 1. The van der Waals surface area contributed by atoms with Crippen LogP contribution in [0.5, 0.6) is 0 Å². The van der Waals surface area contributed by atoms with Crippen LogP contribution in [0.3, 0.4) is 0 Å². The zero-order chi connectivity index (χ0) is 20.4. The van der Waals surface area contributed by atoms with Crippen molar-refractivity contribution in [3.05, 3.63) is 59.4 Å². The number of carbonyl (C=O) groups excluding carboxylic acids is 3. The van der Waals surface area contributed by atoms with Crippen LogP contribution in [-0.2, 0) is 9.53 Å². The Morgan fingerprint density at radius 1 is 1.03 bits per heavy atom. The molecule has 3 amide bonds. The van der Waals surface area contributed by atoms with Gasteiger partial charge in [0.15, 0.2) is 0 Å². The molecule has 7 nitrogen and oxygen atoms in total. The van der Waals surface area contributed by atoms with E-state index in [0.717, 1.165) is 10.6 Å². The van der Waals surface area contributed by atoms with E-state index in [2.05, 4.69) is 10.2 Å². The van der Waals surface area contributed by atoms with Crippen LogP contribution in [-0.4, -0.2) is 55.5 Å². The zero-order valence-electron chi connectivity index (χ0n) is 15.7. The number of anilines is 2. The number of hydrogen-bond donors (Lipinski definition) is 1. The van der Waals surface area contributed by atoms with Gasteiger partial charge in [0.25, 0.3) is 11.8 Å². The minimum Gasteiger partial charge on any atom is -0.378 e. The molecule has 0 aromatic heterocycles. The molecule has 0 bridgehead atoms. The van der Waals surface area contributed by atoms with Gasteiger partial charge in [-0.1, -0.05) is 12.1 Å². The largest absolute Gasteiger partial charge is 0.378 e. The Morgan fingerprint density at radius 3 is 2.34 bits per heavy atom. The van der Waals surface area contributed by atoms with Crippen molar-refractivity contribution >= 4 is 29.1 Å². The maximum Gasteiger partial charge on any atom is 0.261 e. The third kappa shape index (κ3) is 3.84. The van der Waals surface area contributed by atoms with Crippen LogP contribution in [0.4, 0.5) is 15.8 Å². The lowest BCUT2D eigenvalue weighted by Crippen LogP contribution is -2.36. The van der Waals surface area contributed by atoms with Crippen molar-refractivity contribution in [3.63, 3.8) is 0 Å². The number of benzene rings is 2. The number of ether oxygens (including phenoxy) is 1. The standard InChI is InChI=1S/C21H20FN3O4/c22-17-6-5-14(24-9-11-29-12-10-24)13-18(17)23-19(26)7-8-25-20(27)15-3-1-2-4-16(15)21(25)28/h1-6,13H,7-12H2,(H,23,26). The van der Waals surface area contributed by atoms with Gasteiger partial charge in [0.2, 0.25) is 5.91 Å². The number of rotatable bonds is 5. The lowest BCUT2D eigenvalue weighted by molar-refractivity contribution is -0.116. The monoisotopic (exact) mass is 397 g/mol. The van der Waals surface area contributed by atoms with Gasteiger partial charge in [-0.15, -0.1) is 0 Å². The average Bonchev–Trinajstić information content (AvgIpc) is 2.99. The molecule has 2 aromatic carbocycles. The summed E-state index contributed by atoms with van der Waals surface area (Å²) in [6, 6.07) is 11.1. The van der Waals surface area contributed by atoms with E-state index in [0.29, 0.717) is 37.4 Å². The second-order valence-corrected chi connectivity index (χ2v) is 6.87. The topological polar surface area (TPSA) is 79.0 Å². The quantitative estimate of drug-likeness (QED) is 0.784. The molecule has 1 saturated heterocycles. The second kappa shape index (κ2) is 8.00. The Hall–Kier alpha value is -3.26. The minimum atomic E-state index is -0.545. The Kier molecular flexibility index (Phi) is 5.26. The molecule has 2 heterocycles. The first-order valence-corrected chi connectivity index (χ1v) is 9.42. The highest BCUT2D eigenvalue weighted by atomic mass is 19.1. The fourth-order valence-electron chi connectivity index (χ4n) is 3.50. The van der Waals surface area contributed by atoms with Gasteiger partial charge in [-0.25, -0.2) is 4.39 Å². The molecule has 1 N–H and O–H groups in total. The van der Waals surface area contributed by atoms with Gasteiger partial charge in [0, 0.05) is 31.7 Å². The van der Waals surface area contributed by atoms with E-state index in [9.17, 15) is 18.8 Å². The van der Waals surface area contributed by atoms with Crippen LogP contribution < -0.4 is 10.2 Å². The number of morpholine rings is 1. The SMILES string of the molecule is O=C(CCN1C(=O)c2ccccc2C1=O)Nc1cc(N2CCOCC2)ccc1F. The molecule has 0 saturated carbocycles. The summed E-state index contributed by atoms with van der Waals surface area (Å²) in [5.74, 6) is -1.85. The molecule has 2 aromatic rings. The van der Waals surface area contributed by atoms with Crippen LogP contribution in [0.1, 0.15) is 27.1 Å². The molecule has 29 heavy (non-hydrogen) atoms. The Morgan fingerprint density at radius 2 is 1.69 bits per heavy atom. The van der Waals surface area contributed by atoms with Crippen LogP contribution >= 0.6 is 0 Å². The molecule has 0 unspecified atom stereocenters. The summed E-state index contributed by atoms with van der Waals surface area (Å²) in [4.78, 5) is 40.1. The van der Waals surface area contributed by atoms with Crippen molar-refractivity contribution < 1.29 is 23.5 Å². The van der Waals surface area contributed by atoms with Gasteiger partial charge in [0.05, 0.1) is 30.0 Å². The molecule has 2 aliphatic heterocycles. The summed E-state index contributed by atoms with van der Waals surface area (Å²) in [5.41, 5.74) is 1.54. The highest BCUT2D eigenvalue weighted by Gasteiger charge is 2.35. The third-order valence-corrected chi connectivity index (χ3v) is 5.04. The Labute approximate surface area is 167 Å². The van der Waals surface area contributed by atoms with Gasteiger partial charge in [-0.2, -0.15) is 0 Å². The molecule has 0 spiro atoms. The Bertz CT molecular complexity index is 937. The van der Waals surface area contributed by atoms with E-state index in [-0.39, 0.29) is 18.7 Å². The average molecular weight is 397 g/mol. The predicted octanol–water partition coefficient (Wildman–Crippen LogP) is 2.29. The first-order chi connectivity index (χ1) is 14.0. The van der Waals surface area contributed by atoms with Gasteiger partial charge in [-0.3, -0.25) is 19.3 Å². The predicted molar refractivity (Wildman–Crippen MR) is 104 cm³/mol. The van der Waals surface area contributed by atoms with E-state index < -0.39 is 23.5 Å². The van der Waals surface area contributed by atoms with Crippen LogP contribution in [0, 0.1) is 5.82 Å². The van der Waals surface area contributed by atoms with E-state index in [1.807, 2.05) is 0 Å². The third-order valence-electron chi connectivity index (χ3n) is 5.04. The van der Waals surface area contributed by atoms with Crippen molar-refractivity contribution in [1.29, 1.82) is 0 Å². The molecule has 1 fully saturated rings. The van der Waals surface area contributed by atoms with Gasteiger partial charge >= 0.3 is 0 Å². The number of hydrogen-bond acceptors (Lipinski definition) is 5. The smallest absolute Gasteiger partial charge is 0.261 e. The molecule has 150 valence electrons. The fourth-order valence-corrected chi connectivity index (χ4v) is 3.50. The summed E-state index contributed by atoms with van der Waals surface area (Å²) in [6.07, 6.45) is -0.118. The first-order valence-electron chi connectivity index (χ1n) is 9.42. The van der Waals surface area contributed by atoms with Crippen LogP contribution in [0.25, 0.3) is 0 Å². The van der Waals surface area contributed by atoms with Gasteiger partial charge < -0.3 is 15.0 Å². The molecular formula is C21H20FN3O4. The number of halogens is 1. The number of amides is 3. The molecule has 4 rings (SSSR count). The normalized spacial score (nSPS) is 16.2. The van der Waals surface area contributed by atoms with E-state index >= 15 is 0 Å². The van der Waals surface area contributed by atoms with E-state index in [1.165, 1.54) is 6.07 Å². The summed E-state index contributed by atoms with van der Waals surface area (Å²) in [6.45, 7) is 2.51. The number of fused-ring (bicyclic) bond motifs is 1. The lowest BCUT2D eigenvalue weighted by atomic mass is 10.1. The van der Waals surface area contributed by atoms with Crippen LogP contribution in [0.2, 0.25) is 0 Å². The molecular weight excluding hydrogens is 377 g/mol. The molecule has 0 aliphatic carbocycles. The summed E-state index contributed by atoms with van der Waals surface area (Å²) < 4.78 is 19.5. The highest BCUT2D eigenvalue weighted by Crippen LogP contribution is 2.25. The maximum atomic E-state index is 14.2. The number of nitrogens with zero attached hydrogens (tertiary/aromatic N) is 2. The molecule has 8 heteroatoms.